The zero-order valence-corrected chi connectivity index (χ0v) is 17.6. The Kier molecular flexibility index (Phi) is 5.10. The Hall–Kier alpha value is -3.13. The summed E-state index contributed by atoms with van der Waals surface area (Å²) in [5.74, 6) is 0.152. The molecule has 0 bridgehead atoms. The molecule has 0 radical (unpaired) electrons. The van der Waals surface area contributed by atoms with Gasteiger partial charge >= 0.3 is 0 Å². The number of rotatable bonds is 5. The molecule has 1 amide bonds. The van der Waals surface area contributed by atoms with Gasteiger partial charge in [0.15, 0.2) is 10.8 Å². The highest BCUT2D eigenvalue weighted by molar-refractivity contribution is 7.99. The van der Waals surface area contributed by atoms with Crippen molar-refractivity contribution in [3.05, 3.63) is 59.7 Å². The summed E-state index contributed by atoms with van der Waals surface area (Å²) in [7, 11) is 1.86. The number of nitrogens with one attached hydrogen (secondary N) is 1. The van der Waals surface area contributed by atoms with E-state index in [1.807, 2.05) is 30.8 Å². The third kappa shape index (κ3) is 3.88. The molecule has 3 heterocycles. The van der Waals surface area contributed by atoms with Crippen molar-refractivity contribution in [1.82, 2.24) is 24.3 Å². The van der Waals surface area contributed by atoms with Crippen LogP contribution in [0.25, 0.3) is 16.7 Å². The van der Waals surface area contributed by atoms with Gasteiger partial charge in [0.25, 0.3) is 0 Å². The normalized spacial score (nSPS) is 11.2. The van der Waals surface area contributed by atoms with Crippen molar-refractivity contribution in [1.29, 1.82) is 0 Å². The van der Waals surface area contributed by atoms with E-state index < -0.39 is 0 Å². The van der Waals surface area contributed by atoms with Crippen molar-refractivity contribution < 1.29 is 4.79 Å². The lowest BCUT2D eigenvalue weighted by molar-refractivity contribution is -0.113. The van der Waals surface area contributed by atoms with Gasteiger partial charge in [-0.05, 0) is 44.0 Å². The van der Waals surface area contributed by atoms with Gasteiger partial charge in [-0.1, -0.05) is 23.9 Å². The fourth-order valence-electron chi connectivity index (χ4n) is 3.26. The molecular formula is C21H22N6OS. The van der Waals surface area contributed by atoms with Crippen LogP contribution < -0.4 is 5.32 Å². The summed E-state index contributed by atoms with van der Waals surface area (Å²) in [4.78, 5) is 21.3. The third-order valence-corrected chi connectivity index (χ3v) is 5.68. The first-order valence-electron chi connectivity index (χ1n) is 9.25. The van der Waals surface area contributed by atoms with Crippen molar-refractivity contribution in [2.24, 2.45) is 7.05 Å². The topological polar surface area (TPSA) is 77.6 Å². The Bertz CT molecular complexity index is 1210. The van der Waals surface area contributed by atoms with Gasteiger partial charge in [-0.2, -0.15) is 5.10 Å². The number of benzene rings is 1. The molecular weight excluding hydrogens is 384 g/mol. The van der Waals surface area contributed by atoms with E-state index in [9.17, 15) is 4.79 Å². The molecule has 0 fully saturated rings. The molecule has 3 aromatic heterocycles. The number of fused-ring (bicyclic) bond motifs is 1. The van der Waals surface area contributed by atoms with Gasteiger partial charge in [0, 0.05) is 24.8 Å². The predicted octanol–water partition coefficient (Wildman–Crippen LogP) is 3.81. The molecule has 0 unspecified atom stereocenters. The Morgan fingerprint density at radius 3 is 2.83 bits per heavy atom. The van der Waals surface area contributed by atoms with Gasteiger partial charge in [-0.3, -0.25) is 14.0 Å². The van der Waals surface area contributed by atoms with Crippen LogP contribution in [0.2, 0.25) is 0 Å². The minimum Gasteiger partial charge on any atom is -0.324 e. The largest absolute Gasteiger partial charge is 0.324 e. The highest BCUT2D eigenvalue weighted by Gasteiger charge is 2.12. The fraction of sp³-hybridized carbons (Fsp3) is 0.238. The second-order valence-corrected chi connectivity index (χ2v) is 7.95. The molecule has 0 aliphatic rings. The number of pyridine rings is 1. The summed E-state index contributed by atoms with van der Waals surface area (Å²) >= 11 is 1.40. The number of carbonyl (C=O) groups excluding carboxylic acids is 1. The van der Waals surface area contributed by atoms with Crippen molar-refractivity contribution >= 4 is 34.4 Å². The first-order valence-corrected chi connectivity index (χ1v) is 10.2. The molecule has 1 N–H and O–H groups in total. The Morgan fingerprint density at radius 2 is 2.00 bits per heavy atom. The summed E-state index contributed by atoms with van der Waals surface area (Å²) in [6, 6.07) is 8.21. The smallest absolute Gasteiger partial charge is 0.234 e. The Balaban J connectivity index is 1.46. The minimum absolute atomic E-state index is 0.104. The minimum atomic E-state index is -0.104. The number of aryl methyl sites for hydroxylation is 4. The molecule has 0 aliphatic heterocycles. The number of anilines is 1. The molecule has 0 spiro atoms. The number of nitrogens with zero attached hydrogens (tertiary/aromatic N) is 5. The molecule has 7 nitrogen and oxygen atoms in total. The molecule has 29 heavy (non-hydrogen) atoms. The van der Waals surface area contributed by atoms with Gasteiger partial charge in [-0.25, -0.2) is 9.97 Å². The van der Waals surface area contributed by atoms with E-state index in [-0.39, 0.29) is 11.7 Å². The maximum atomic E-state index is 12.5. The number of hydrogen-bond donors (Lipinski definition) is 1. The molecule has 0 saturated carbocycles. The summed E-state index contributed by atoms with van der Waals surface area (Å²) in [5, 5.41) is 8.99. The molecule has 148 valence electrons. The van der Waals surface area contributed by atoms with Crippen LogP contribution in [0.4, 0.5) is 5.69 Å². The summed E-state index contributed by atoms with van der Waals surface area (Å²) in [6.45, 7) is 6.06. The standard InChI is InChI=1S/C21H22N6OS/c1-13-5-6-14(2)18(9-13)27-8-7-22-21(27)29-12-19(28)24-16-10-17-15(3)25-26(4)20(17)23-11-16/h5-11H,12H2,1-4H3,(H,24,28). The fourth-order valence-corrected chi connectivity index (χ4v) is 4.03. The Morgan fingerprint density at radius 1 is 1.17 bits per heavy atom. The van der Waals surface area contributed by atoms with Crippen molar-refractivity contribution in [2.75, 3.05) is 11.1 Å². The van der Waals surface area contributed by atoms with Crippen LogP contribution in [0.5, 0.6) is 0 Å². The number of thioether (sulfide) groups is 1. The Labute approximate surface area is 173 Å². The van der Waals surface area contributed by atoms with Gasteiger partial charge in [0.05, 0.1) is 29.0 Å². The second-order valence-electron chi connectivity index (χ2n) is 7.01. The lowest BCUT2D eigenvalue weighted by atomic mass is 10.1. The first kappa shape index (κ1) is 19.2. The summed E-state index contributed by atoms with van der Waals surface area (Å²) in [6.07, 6.45) is 5.33. The van der Waals surface area contributed by atoms with Crippen molar-refractivity contribution in [2.45, 2.75) is 25.9 Å². The number of hydrogen-bond acceptors (Lipinski definition) is 5. The third-order valence-electron chi connectivity index (χ3n) is 4.71. The van der Waals surface area contributed by atoms with Crippen LogP contribution in [0, 0.1) is 20.8 Å². The van der Waals surface area contributed by atoms with E-state index >= 15 is 0 Å². The number of amides is 1. The van der Waals surface area contributed by atoms with Crippen LogP contribution in [0.1, 0.15) is 16.8 Å². The summed E-state index contributed by atoms with van der Waals surface area (Å²) in [5.41, 5.74) is 5.76. The highest BCUT2D eigenvalue weighted by Crippen LogP contribution is 2.24. The highest BCUT2D eigenvalue weighted by atomic mass is 32.2. The lowest BCUT2D eigenvalue weighted by Gasteiger charge is -2.11. The zero-order valence-electron chi connectivity index (χ0n) is 16.8. The monoisotopic (exact) mass is 406 g/mol. The molecule has 4 rings (SSSR count). The van der Waals surface area contributed by atoms with Crippen LogP contribution in [0.15, 0.2) is 48.0 Å². The lowest BCUT2D eigenvalue weighted by Crippen LogP contribution is -2.14. The van der Waals surface area contributed by atoms with Crippen LogP contribution >= 0.6 is 11.8 Å². The molecule has 0 atom stereocenters. The van der Waals surface area contributed by atoms with Gasteiger partial charge < -0.3 is 5.32 Å². The van der Waals surface area contributed by atoms with E-state index in [4.69, 9.17) is 0 Å². The van der Waals surface area contributed by atoms with Gasteiger partial charge in [0.2, 0.25) is 5.91 Å². The molecule has 1 aromatic carbocycles. The molecule has 0 aliphatic carbocycles. The molecule has 8 heteroatoms. The molecule has 0 saturated heterocycles. The average Bonchev–Trinajstić information content (AvgIpc) is 3.26. The van der Waals surface area contributed by atoms with Crippen LogP contribution in [-0.4, -0.2) is 36.0 Å². The van der Waals surface area contributed by atoms with Crippen molar-refractivity contribution in [3.63, 3.8) is 0 Å². The summed E-state index contributed by atoms with van der Waals surface area (Å²) < 4.78 is 3.76. The maximum Gasteiger partial charge on any atom is 0.234 e. The number of aromatic nitrogens is 5. The van der Waals surface area contributed by atoms with E-state index in [1.165, 1.54) is 17.3 Å². The van der Waals surface area contributed by atoms with Gasteiger partial charge in [-0.15, -0.1) is 0 Å². The quantitative estimate of drug-likeness (QED) is 0.510. The van der Waals surface area contributed by atoms with Crippen LogP contribution in [0.3, 0.4) is 0 Å². The zero-order chi connectivity index (χ0) is 20.5. The van der Waals surface area contributed by atoms with E-state index in [1.54, 1.807) is 17.1 Å². The van der Waals surface area contributed by atoms with Crippen molar-refractivity contribution in [3.8, 4) is 5.69 Å². The van der Waals surface area contributed by atoms with E-state index in [0.29, 0.717) is 5.69 Å². The number of imidazole rings is 1. The van der Waals surface area contributed by atoms with E-state index in [0.717, 1.165) is 33.1 Å². The average molecular weight is 407 g/mol. The maximum absolute atomic E-state index is 12.5. The molecule has 4 aromatic rings. The first-order chi connectivity index (χ1) is 13.9. The number of carbonyl (C=O) groups is 1. The van der Waals surface area contributed by atoms with Crippen LogP contribution in [-0.2, 0) is 11.8 Å². The SMILES string of the molecule is Cc1ccc(C)c(-n2ccnc2SCC(=O)Nc2cnc3c(c2)c(C)nn3C)c1. The second kappa shape index (κ2) is 7.71. The van der Waals surface area contributed by atoms with E-state index in [2.05, 4.69) is 52.4 Å². The van der Waals surface area contributed by atoms with Gasteiger partial charge in [0.1, 0.15) is 0 Å². The predicted molar refractivity (Wildman–Crippen MR) is 116 cm³/mol.